The predicted octanol–water partition coefficient (Wildman–Crippen LogP) is 2.59. The minimum absolute atomic E-state index is 0.164. The van der Waals surface area contributed by atoms with Gasteiger partial charge in [0.15, 0.2) is 5.92 Å². The molecule has 34 heavy (non-hydrogen) atoms. The Labute approximate surface area is 196 Å². The molecule has 0 spiro atoms. The number of amides is 6. The van der Waals surface area contributed by atoms with Gasteiger partial charge in [-0.3, -0.25) is 24.5 Å². The fourth-order valence-electron chi connectivity index (χ4n) is 2.92. The second kappa shape index (κ2) is 9.65. The third-order valence-electron chi connectivity index (χ3n) is 4.97. The zero-order valence-electron chi connectivity index (χ0n) is 19.2. The number of carbonyl (C=O) groups is 5. The molecule has 1 saturated heterocycles. The van der Waals surface area contributed by atoms with E-state index in [1.54, 1.807) is 57.2 Å². The molecule has 10 nitrogen and oxygen atoms in total. The largest absolute Gasteiger partial charge is 0.335 e. The Morgan fingerprint density at radius 3 is 2.21 bits per heavy atom. The molecular weight excluding hydrogens is 438 g/mol. The average Bonchev–Trinajstić information content (AvgIpc) is 2.77. The van der Waals surface area contributed by atoms with Crippen molar-refractivity contribution in [3.8, 4) is 0 Å². The topological polar surface area (TPSA) is 137 Å². The van der Waals surface area contributed by atoms with Crippen LogP contribution in [0.4, 0.5) is 16.2 Å². The number of benzene rings is 2. The highest BCUT2D eigenvalue weighted by molar-refractivity contribution is 6.32. The molecular formula is C24H25N5O5. The molecule has 0 bridgehead atoms. The lowest BCUT2D eigenvalue weighted by atomic mass is 9.95. The van der Waals surface area contributed by atoms with Crippen molar-refractivity contribution in [1.82, 2.24) is 10.7 Å². The fourth-order valence-corrected chi connectivity index (χ4v) is 2.92. The van der Waals surface area contributed by atoms with E-state index >= 15 is 0 Å². The quantitative estimate of drug-likeness (QED) is 0.356. The minimum Gasteiger partial charge on any atom is -0.326 e. The number of urea groups is 1. The zero-order chi connectivity index (χ0) is 25.0. The lowest BCUT2D eigenvalue weighted by Crippen LogP contribution is -2.58. The van der Waals surface area contributed by atoms with E-state index < -0.39 is 35.1 Å². The maximum Gasteiger partial charge on any atom is 0.335 e. The van der Waals surface area contributed by atoms with Crippen molar-refractivity contribution in [2.75, 3.05) is 10.2 Å². The summed E-state index contributed by atoms with van der Waals surface area (Å²) in [6.45, 7) is 7.22. The first kappa shape index (κ1) is 24.3. The third-order valence-corrected chi connectivity index (χ3v) is 4.97. The number of imide groups is 2. The van der Waals surface area contributed by atoms with Gasteiger partial charge in [-0.15, -0.1) is 0 Å². The first-order valence-electron chi connectivity index (χ1n) is 10.5. The highest BCUT2D eigenvalue weighted by atomic mass is 16.2. The Morgan fingerprint density at radius 2 is 1.62 bits per heavy atom. The molecule has 0 saturated carbocycles. The van der Waals surface area contributed by atoms with Gasteiger partial charge in [0.1, 0.15) is 0 Å². The molecule has 3 rings (SSSR count). The van der Waals surface area contributed by atoms with Crippen molar-refractivity contribution < 1.29 is 24.0 Å². The van der Waals surface area contributed by atoms with Crippen molar-refractivity contribution in [2.24, 2.45) is 16.4 Å². The Hall–Kier alpha value is -4.34. The van der Waals surface area contributed by atoms with Gasteiger partial charge in [0.2, 0.25) is 11.8 Å². The molecule has 1 unspecified atom stereocenters. The summed E-state index contributed by atoms with van der Waals surface area (Å²) in [4.78, 5) is 62.4. The van der Waals surface area contributed by atoms with Gasteiger partial charge in [-0.25, -0.2) is 15.1 Å². The average molecular weight is 463 g/mol. The number of hydrazone groups is 1. The number of aryl methyl sites for hydroxylation is 1. The lowest BCUT2D eigenvalue weighted by molar-refractivity contribution is -0.131. The molecule has 0 aromatic heterocycles. The van der Waals surface area contributed by atoms with Crippen LogP contribution in [0.15, 0.2) is 53.6 Å². The number of hydrogen-bond acceptors (Lipinski definition) is 6. The maximum absolute atomic E-state index is 12.8. The number of nitrogens with one attached hydrogen (secondary N) is 3. The van der Waals surface area contributed by atoms with Crippen molar-refractivity contribution in [3.63, 3.8) is 0 Å². The van der Waals surface area contributed by atoms with Gasteiger partial charge in [-0.1, -0.05) is 38.5 Å². The van der Waals surface area contributed by atoms with Crippen LogP contribution < -0.4 is 21.0 Å². The second-order valence-corrected chi connectivity index (χ2v) is 8.78. The van der Waals surface area contributed by atoms with E-state index in [0.29, 0.717) is 11.4 Å². The Morgan fingerprint density at radius 1 is 1.00 bits per heavy atom. The summed E-state index contributed by atoms with van der Waals surface area (Å²) in [7, 11) is 0. The molecule has 2 aromatic carbocycles. The summed E-state index contributed by atoms with van der Waals surface area (Å²) >= 11 is 0. The van der Waals surface area contributed by atoms with E-state index in [1.807, 2.05) is 6.92 Å². The van der Waals surface area contributed by atoms with Crippen LogP contribution >= 0.6 is 0 Å². The van der Waals surface area contributed by atoms with Gasteiger partial charge in [-0.05, 0) is 43.3 Å². The summed E-state index contributed by atoms with van der Waals surface area (Å²) < 4.78 is 0. The van der Waals surface area contributed by atoms with E-state index in [1.165, 1.54) is 12.1 Å². The van der Waals surface area contributed by atoms with E-state index in [0.717, 1.165) is 16.7 Å². The van der Waals surface area contributed by atoms with E-state index in [4.69, 9.17) is 0 Å². The second-order valence-electron chi connectivity index (χ2n) is 8.78. The molecule has 1 aliphatic heterocycles. The van der Waals surface area contributed by atoms with Crippen LogP contribution in [0.25, 0.3) is 0 Å². The maximum atomic E-state index is 12.8. The number of hydrogen-bond donors (Lipinski definition) is 3. The number of barbiturate groups is 1. The molecule has 3 N–H and O–H groups in total. The molecule has 2 aromatic rings. The van der Waals surface area contributed by atoms with Crippen LogP contribution in [-0.4, -0.2) is 35.9 Å². The molecule has 176 valence electrons. The zero-order valence-corrected chi connectivity index (χ0v) is 19.2. The number of rotatable bonds is 5. The predicted molar refractivity (Wildman–Crippen MR) is 126 cm³/mol. The van der Waals surface area contributed by atoms with Gasteiger partial charge in [0, 0.05) is 22.9 Å². The van der Waals surface area contributed by atoms with E-state index in [9.17, 15) is 24.0 Å². The Bertz CT molecular complexity index is 1160. The van der Waals surface area contributed by atoms with Crippen molar-refractivity contribution in [1.29, 1.82) is 0 Å². The van der Waals surface area contributed by atoms with Crippen molar-refractivity contribution >= 4 is 47.2 Å². The molecule has 10 heteroatoms. The van der Waals surface area contributed by atoms with E-state index in [2.05, 4.69) is 21.2 Å². The Balaban J connectivity index is 1.65. The first-order valence-corrected chi connectivity index (χ1v) is 10.5. The molecule has 1 atom stereocenters. The standard InChI is InChI=1S/C24H25N5O5/c1-14-5-11-17(12-6-14)29-21(32)18(20(31)27-23(29)34)13-25-28-19(30)15-7-9-16(10-8-15)26-22(33)24(2,3)4/h5-13,18H,1-4H3,(H,26,33)(H,28,30)(H,27,31,34). The molecule has 1 heterocycles. The summed E-state index contributed by atoms with van der Waals surface area (Å²) in [5.74, 6) is -3.76. The molecule has 1 aliphatic rings. The summed E-state index contributed by atoms with van der Waals surface area (Å²) in [5.41, 5.74) is 3.72. The summed E-state index contributed by atoms with van der Waals surface area (Å²) in [6.07, 6.45) is 0.973. The minimum atomic E-state index is -1.39. The van der Waals surface area contributed by atoms with E-state index in [-0.39, 0.29) is 11.5 Å². The van der Waals surface area contributed by atoms with Gasteiger partial charge < -0.3 is 5.32 Å². The monoisotopic (exact) mass is 463 g/mol. The van der Waals surface area contributed by atoms with Crippen LogP contribution in [0, 0.1) is 18.3 Å². The van der Waals surface area contributed by atoms with Gasteiger partial charge in [-0.2, -0.15) is 5.10 Å². The lowest BCUT2D eigenvalue weighted by Gasteiger charge is -2.28. The fraction of sp³-hybridized carbons (Fsp3) is 0.250. The van der Waals surface area contributed by atoms with Crippen LogP contribution in [0.3, 0.4) is 0 Å². The molecule has 0 radical (unpaired) electrons. The first-order chi connectivity index (χ1) is 16.0. The van der Waals surface area contributed by atoms with Crippen molar-refractivity contribution in [3.05, 3.63) is 59.7 Å². The Kier molecular flexibility index (Phi) is 6.90. The van der Waals surface area contributed by atoms with Gasteiger partial charge >= 0.3 is 6.03 Å². The summed E-state index contributed by atoms with van der Waals surface area (Å²) in [5, 5.41) is 8.60. The van der Waals surface area contributed by atoms with Gasteiger partial charge in [0.05, 0.1) is 5.69 Å². The highest BCUT2D eigenvalue weighted by Crippen LogP contribution is 2.21. The molecule has 1 fully saturated rings. The molecule has 0 aliphatic carbocycles. The summed E-state index contributed by atoms with van der Waals surface area (Å²) in [6, 6.07) is 11.9. The smallest absolute Gasteiger partial charge is 0.326 e. The normalized spacial score (nSPS) is 16.4. The number of carbonyl (C=O) groups excluding carboxylic acids is 5. The van der Waals surface area contributed by atoms with Crippen LogP contribution in [0.1, 0.15) is 36.7 Å². The highest BCUT2D eigenvalue weighted by Gasteiger charge is 2.40. The SMILES string of the molecule is Cc1ccc(N2C(=O)NC(=O)C(C=NNC(=O)c3ccc(NC(=O)C(C)(C)C)cc3)C2=O)cc1. The number of nitrogens with zero attached hydrogens (tertiary/aromatic N) is 2. The van der Waals surface area contributed by atoms with Crippen molar-refractivity contribution in [2.45, 2.75) is 27.7 Å². The number of anilines is 2. The van der Waals surface area contributed by atoms with Crippen LogP contribution in [0.5, 0.6) is 0 Å². The van der Waals surface area contributed by atoms with Crippen LogP contribution in [-0.2, 0) is 14.4 Å². The van der Waals surface area contributed by atoms with Crippen LogP contribution in [0.2, 0.25) is 0 Å². The third kappa shape index (κ3) is 5.52. The van der Waals surface area contributed by atoms with Gasteiger partial charge in [0.25, 0.3) is 11.8 Å². The molecule has 6 amide bonds.